The third-order valence-corrected chi connectivity index (χ3v) is 1.29. The lowest BCUT2D eigenvalue weighted by atomic mass is 10.4. The third-order valence-electron chi connectivity index (χ3n) is 1.29. The van der Waals surface area contributed by atoms with Gasteiger partial charge in [-0.2, -0.15) is 0 Å². The highest BCUT2D eigenvalue weighted by Crippen LogP contribution is 2.00. The molecule has 1 rings (SSSR count). The van der Waals surface area contributed by atoms with Gasteiger partial charge in [0.05, 0.1) is 6.33 Å². The van der Waals surface area contributed by atoms with Crippen molar-refractivity contribution in [2.24, 2.45) is 7.05 Å². The number of nitrogens with one attached hydrogen (secondary N) is 1. The van der Waals surface area contributed by atoms with Gasteiger partial charge in [-0.05, 0) is 0 Å². The normalized spacial score (nSPS) is 9.64. The highest BCUT2D eigenvalue weighted by molar-refractivity contribution is 5.89. The molecule has 0 aliphatic carbocycles. The van der Waals surface area contributed by atoms with Gasteiger partial charge in [-0.3, -0.25) is 4.79 Å². The molecular weight excluding hydrogens is 142 g/mol. The maximum absolute atomic E-state index is 10.8. The van der Waals surface area contributed by atoms with Crippen molar-refractivity contribution < 1.29 is 4.79 Å². The molecule has 0 aromatic carbocycles. The van der Waals surface area contributed by atoms with E-state index in [0.717, 1.165) is 0 Å². The minimum atomic E-state index is -0.0105. The van der Waals surface area contributed by atoms with Gasteiger partial charge in [0, 0.05) is 19.7 Å². The zero-order valence-corrected chi connectivity index (χ0v) is 6.66. The van der Waals surface area contributed by atoms with E-state index in [-0.39, 0.29) is 5.91 Å². The van der Waals surface area contributed by atoms with Crippen LogP contribution in [-0.2, 0) is 11.8 Å². The number of carbonyl (C=O) groups is 1. The molecule has 0 bridgehead atoms. The van der Waals surface area contributed by atoms with Gasteiger partial charge < -0.3 is 9.88 Å². The molecule has 0 radical (unpaired) electrons. The Kier molecular flexibility index (Phi) is 2.25. The zero-order chi connectivity index (χ0) is 8.27. The molecule has 0 aliphatic heterocycles. The number of amides is 1. The largest absolute Gasteiger partial charge is 0.338 e. The second kappa shape index (κ2) is 3.18. The summed E-state index contributed by atoms with van der Waals surface area (Å²) >= 11 is 0. The minimum absolute atomic E-state index is 0.0105. The van der Waals surface area contributed by atoms with Gasteiger partial charge in [-0.15, -0.1) is 0 Å². The predicted octanol–water partition coefficient (Wildman–Crippen LogP) is 0.769. The minimum Gasteiger partial charge on any atom is -0.338 e. The van der Waals surface area contributed by atoms with Crippen LogP contribution in [0.2, 0.25) is 0 Å². The van der Waals surface area contributed by atoms with Crippen LogP contribution in [0.15, 0.2) is 12.5 Å². The first-order valence-electron chi connectivity index (χ1n) is 3.50. The molecule has 11 heavy (non-hydrogen) atoms. The van der Waals surface area contributed by atoms with Crippen LogP contribution in [0.25, 0.3) is 0 Å². The van der Waals surface area contributed by atoms with E-state index >= 15 is 0 Å². The highest BCUT2D eigenvalue weighted by atomic mass is 16.1. The van der Waals surface area contributed by atoms with Crippen LogP contribution in [0.3, 0.4) is 0 Å². The third kappa shape index (κ3) is 2.07. The summed E-state index contributed by atoms with van der Waals surface area (Å²) in [5.74, 6) is 0.600. The van der Waals surface area contributed by atoms with Gasteiger partial charge in [-0.1, -0.05) is 6.92 Å². The molecule has 1 heterocycles. The number of hydrogen-bond acceptors (Lipinski definition) is 2. The van der Waals surface area contributed by atoms with Gasteiger partial charge in [0.15, 0.2) is 5.82 Å². The number of rotatable bonds is 2. The summed E-state index contributed by atoms with van der Waals surface area (Å²) in [4.78, 5) is 14.8. The first-order valence-corrected chi connectivity index (χ1v) is 3.50. The number of anilines is 1. The second-order valence-corrected chi connectivity index (χ2v) is 2.33. The van der Waals surface area contributed by atoms with E-state index in [1.165, 1.54) is 0 Å². The second-order valence-electron chi connectivity index (χ2n) is 2.33. The molecule has 0 saturated heterocycles. The number of carbonyl (C=O) groups excluding carboxylic acids is 1. The lowest BCUT2D eigenvalue weighted by Gasteiger charge is -1.95. The molecule has 1 aromatic rings. The monoisotopic (exact) mass is 153 g/mol. The van der Waals surface area contributed by atoms with Crippen LogP contribution < -0.4 is 5.32 Å². The molecule has 0 fully saturated rings. The van der Waals surface area contributed by atoms with Crippen molar-refractivity contribution in [3.8, 4) is 0 Å². The van der Waals surface area contributed by atoms with Crippen LogP contribution in [-0.4, -0.2) is 15.5 Å². The topological polar surface area (TPSA) is 46.9 Å². The van der Waals surface area contributed by atoms with Crippen LogP contribution in [0.4, 0.5) is 5.82 Å². The summed E-state index contributed by atoms with van der Waals surface area (Å²) in [5.41, 5.74) is 0. The Balaban J connectivity index is 2.57. The molecule has 0 unspecified atom stereocenters. The number of nitrogens with zero attached hydrogens (tertiary/aromatic N) is 2. The van der Waals surface area contributed by atoms with Gasteiger partial charge in [0.2, 0.25) is 5.91 Å². The van der Waals surface area contributed by atoms with Crippen molar-refractivity contribution in [2.45, 2.75) is 13.3 Å². The van der Waals surface area contributed by atoms with E-state index in [1.807, 2.05) is 7.05 Å². The first-order chi connectivity index (χ1) is 5.22. The zero-order valence-electron chi connectivity index (χ0n) is 6.66. The van der Waals surface area contributed by atoms with Crippen molar-refractivity contribution >= 4 is 11.7 Å². The molecule has 60 valence electrons. The van der Waals surface area contributed by atoms with Crippen molar-refractivity contribution in [1.82, 2.24) is 9.55 Å². The summed E-state index contributed by atoms with van der Waals surface area (Å²) < 4.78 is 1.78. The SMILES string of the molecule is CCC(=O)Nc1cn(C)cn1. The highest BCUT2D eigenvalue weighted by Gasteiger charge is 1.99. The van der Waals surface area contributed by atoms with Crippen LogP contribution in [0, 0.1) is 0 Å². The number of aryl methyl sites for hydroxylation is 1. The number of imidazole rings is 1. The molecular formula is C7H11N3O. The maximum atomic E-state index is 10.8. The van der Waals surface area contributed by atoms with Crippen LogP contribution in [0.1, 0.15) is 13.3 Å². The van der Waals surface area contributed by atoms with E-state index < -0.39 is 0 Å². The Morgan fingerprint density at radius 1 is 1.82 bits per heavy atom. The van der Waals surface area contributed by atoms with Crippen molar-refractivity contribution in [3.63, 3.8) is 0 Å². The van der Waals surface area contributed by atoms with E-state index in [2.05, 4.69) is 10.3 Å². The molecule has 0 atom stereocenters. The molecule has 1 N–H and O–H groups in total. The molecule has 1 aromatic heterocycles. The average molecular weight is 153 g/mol. The molecule has 1 amide bonds. The quantitative estimate of drug-likeness (QED) is 0.682. The fourth-order valence-corrected chi connectivity index (χ4v) is 0.709. The fraction of sp³-hybridized carbons (Fsp3) is 0.429. The molecule has 4 nitrogen and oxygen atoms in total. The Morgan fingerprint density at radius 3 is 3.00 bits per heavy atom. The van der Waals surface area contributed by atoms with Crippen LogP contribution in [0.5, 0.6) is 0 Å². The van der Waals surface area contributed by atoms with E-state index in [0.29, 0.717) is 12.2 Å². The average Bonchev–Trinajstić information content (AvgIpc) is 2.35. The molecule has 4 heteroatoms. The molecule has 0 spiro atoms. The molecule has 0 aliphatic rings. The van der Waals surface area contributed by atoms with Crippen molar-refractivity contribution in [2.75, 3.05) is 5.32 Å². The van der Waals surface area contributed by atoms with Gasteiger partial charge in [0.1, 0.15) is 0 Å². The first kappa shape index (κ1) is 7.78. The summed E-state index contributed by atoms with van der Waals surface area (Å²) in [6.45, 7) is 1.80. The summed E-state index contributed by atoms with van der Waals surface area (Å²) in [6, 6.07) is 0. The summed E-state index contributed by atoms with van der Waals surface area (Å²) in [7, 11) is 1.86. The maximum Gasteiger partial charge on any atom is 0.225 e. The Morgan fingerprint density at radius 2 is 2.55 bits per heavy atom. The van der Waals surface area contributed by atoms with E-state index in [1.54, 1.807) is 24.0 Å². The van der Waals surface area contributed by atoms with E-state index in [9.17, 15) is 4.79 Å². The number of aromatic nitrogens is 2. The van der Waals surface area contributed by atoms with Crippen molar-refractivity contribution in [3.05, 3.63) is 12.5 Å². The van der Waals surface area contributed by atoms with E-state index in [4.69, 9.17) is 0 Å². The number of hydrogen-bond donors (Lipinski definition) is 1. The lowest BCUT2D eigenvalue weighted by molar-refractivity contribution is -0.115. The molecule has 0 saturated carbocycles. The Bertz CT molecular complexity index is 254. The standard InChI is InChI=1S/C7H11N3O/c1-3-7(11)9-6-4-10(2)5-8-6/h4-5H,3H2,1-2H3,(H,9,11). The van der Waals surface area contributed by atoms with Crippen LogP contribution >= 0.6 is 0 Å². The predicted molar refractivity (Wildman–Crippen MR) is 42.1 cm³/mol. The smallest absolute Gasteiger partial charge is 0.225 e. The van der Waals surface area contributed by atoms with Crippen molar-refractivity contribution in [1.29, 1.82) is 0 Å². The Hall–Kier alpha value is -1.32. The lowest BCUT2D eigenvalue weighted by Crippen LogP contribution is -2.09. The van der Waals surface area contributed by atoms with Gasteiger partial charge in [0.25, 0.3) is 0 Å². The van der Waals surface area contributed by atoms with Gasteiger partial charge >= 0.3 is 0 Å². The summed E-state index contributed by atoms with van der Waals surface area (Å²) in [5, 5.41) is 2.64. The summed E-state index contributed by atoms with van der Waals surface area (Å²) in [6.07, 6.45) is 3.88. The Labute approximate surface area is 65.2 Å². The van der Waals surface area contributed by atoms with Gasteiger partial charge in [-0.25, -0.2) is 4.98 Å². The fourth-order valence-electron chi connectivity index (χ4n) is 0.709.